The van der Waals surface area contributed by atoms with Gasteiger partial charge in [0.05, 0.1) is 42.5 Å². The van der Waals surface area contributed by atoms with Crippen molar-refractivity contribution in [2.45, 2.75) is 32.5 Å². The molecule has 2 amide bonds. The second-order valence-corrected chi connectivity index (χ2v) is 8.97. The molecular weight excluding hydrogens is 469 g/mol. The highest BCUT2D eigenvalue weighted by Gasteiger charge is 2.36. The number of furan rings is 1. The number of aryl methyl sites for hydroxylation is 1. The van der Waals surface area contributed by atoms with Crippen LogP contribution in [0.25, 0.3) is 11.5 Å². The van der Waals surface area contributed by atoms with Crippen LogP contribution in [0.3, 0.4) is 0 Å². The number of nitrogens with one attached hydrogen (secondary N) is 1. The second-order valence-electron chi connectivity index (χ2n) is 8.97. The van der Waals surface area contributed by atoms with Gasteiger partial charge in [-0.05, 0) is 60.5 Å². The van der Waals surface area contributed by atoms with Crippen molar-refractivity contribution in [1.82, 2.24) is 24.6 Å². The summed E-state index contributed by atoms with van der Waals surface area (Å²) in [4.78, 5) is 15.6. The number of para-hydroxylation sites is 1. The van der Waals surface area contributed by atoms with Gasteiger partial charge in [-0.25, -0.2) is 13.9 Å². The Bertz CT molecular complexity index is 1520. The standard InChI is InChI=1S/C29H26FN5O2/c1-2-25-24-19-34(29(36)31-18-23-10-7-17-37-23)27(20-12-14-21(30)15-13-20)26-11-6-16-33(26)28(24)35(32-25)22-8-4-3-5-9-22/h3-17,27H,2,18-19H2,1H3,(H,31,36). The van der Waals surface area contributed by atoms with Gasteiger partial charge in [0, 0.05) is 11.8 Å². The van der Waals surface area contributed by atoms with Gasteiger partial charge >= 0.3 is 6.03 Å². The molecule has 0 bridgehead atoms. The van der Waals surface area contributed by atoms with Crippen molar-refractivity contribution in [3.05, 3.63) is 125 Å². The minimum Gasteiger partial charge on any atom is -0.467 e. The maximum absolute atomic E-state index is 13.9. The van der Waals surface area contributed by atoms with Crippen molar-refractivity contribution < 1.29 is 13.6 Å². The van der Waals surface area contributed by atoms with Crippen molar-refractivity contribution >= 4 is 6.03 Å². The summed E-state index contributed by atoms with van der Waals surface area (Å²) in [6.45, 7) is 2.66. The minimum absolute atomic E-state index is 0.249. The van der Waals surface area contributed by atoms with Gasteiger partial charge < -0.3 is 19.2 Å². The lowest BCUT2D eigenvalue weighted by atomic mass is 10.0. The van der Waals surface area contributed by atoms with Crippen LogP contribution >= 0.6 is 0 Å². The number of amides is 2. The van der Waals surface area contributed by atoms with Gasteiger partial charge in [-0.2, -0.15) is 5.10 Å². The van der Waals surface area contributed by atoms with Crippen LogP contribution in [0.4, 0.5) is 9.18 Å². The highest BCUT2D eigenvalue weighted by atomic mass is 19.1. The van der Waals surface area contributed by atoms with E-state index in [1.807, 2.05) is 59.4 Å². The highest BCUT2D eigenvalue weighted by Crippen LogP contribution is 2.38. The summed E-state index contributed by atoms with van der Waals surface area (Å²) in [7, 11) is 0. The summed E-state index contributed by atoms with van der Waals surface area (Å²) in [5.74, 6) is 1.24. The first-order valence-corrected chi connectivity index (χ1v) is 12.3. The summed E-state index contributed by atoms with van der Waals surface area (Å²) in [5.41, 5.74) is 4.53. The topological polar surface area (TPSA) is 68.2 Å². The lowest BCUT2D eigenvalue weighted by molar-refractivity contribution is 0.179. The van der Waals surface area contributed by atoms with Crippen molar-refractivity contribution in [3.8, 4) is 11.5 Å². The number of fused-ring (bicyclic) bond motifs is 3. The summed E-state index contributed by atoms with van der Waals surface area (Å²) >= 11 is 0. The molecule has 1 atom stereocenters. The van der Waals surface area contributed by atoms with Gasteiger partial charge in [0.1, 0.15) is 17.4 Å². The van der Waals surface area contributed by atoms with Gasteiger partial charge in [0.2, 0.25) is 0 Å². The van der Waals surface area contributed by atoms with Crippen molar-refractivity contribution in [2.24, 2.45) is 0 Å². The van der Waals surface area contributed by atoms with Crippen LogP contribution in [0.15, 0.2) is 95.7 Å². The zero-order chi connectivity index (χ0) is 25.4. The Morgan fingerprint density at radius 2 is 1.86 bits per heavy atom. The third-order valence-electron chi connectivity index (χ3n) is 6.74. The van der Waals surface area contributed by atoms with Crippen LogP contribution in [0, 0.1) is 5.82 Å². The lowest BCUT2D eigenvalue weighted by Crippen LogP contribution is -2.41. The van der Waals surface area contributed by atoms with Gasteiger partial charge in [-0.3, -0.25) is 0 Å². The van der Waals surface area contributed by atoms with E-state index in [1.165, 1.54) is 12.1 Å². The molecular formula is C29H26FN5O2. The summed E-state index contributed by atoms with van der Waals surface area (Å²) in [6.07, 6.45) is 4.29. The number of rotatable bonds is 5. The number of benzene rings is 2. The molecule has 37 heavy (non-hydrogen) atoms. The Hall–Kier alpha value is -4.59. The van der Waals surface area contributed by atoms with E-state index in [1.54, 1.807) is 29.4 Å². The Morgan fingerprint density at radius 3 is 2.59 bits per heavy atom. The molecule has 1 aliphatic heterocycles. The Balaban J connectivity index is 1.52. The van der Waals surface area contributed by atoms with Crippen LogP contribution in [-0.4, -0.2) is 25.3 Å². The number of hydrogen-bond donors (Lipinski definition) is 1. The zero-order valence-corrected chi connectivity index (χ0v) is 20.3. The van der Waals surface area contributed by atoms with Gasteiger partial charge in [0.25, 0.3) is 0 Å². The molecule has 1 N–H and O–H groups in total. The minimum atomic E-state index is -0.450. The molecule has 4 heterocycles. The quantitative estimate of drug-likeness (QED) is 0.337. The van der Waals surface area contributed by atoms with Crippen LogP contribution in [-0.2, 0) is 19.5 Å². The fourth-order valence-corrected chi connectivity index (χ4v) is 5.02. The average molecular weight is 496 g/mol. The molecule has 5 aromatic rings. The SMILES string of the molecule is CCc1nn(-c2ccccc2)c2c1CN(C(=O)NCc1ccco1)C(c1ccc(F)cc1)c1cccn1-2. The van der Waals surface area contributed by atoms with E-state index in [0.29, 0.717) is 18.7 Å². The highest BCUT2D eigenvalue weighted by molar-refractivity contribution is 5.76. The summed E-state index contributed by atoms with van der Waals surface area (Å²) in [6, 6.07) is 23.2. The Kier molecular flexibility index (Phi) is 5.84. The van der Waals surface area contributed by atoms with E-state index in [9.17, 15) is 9.18 Å². The predicted molar refractivity (Wildman–Crippen MR) is 137 cm³/mol. The number of halogens is 1. The number of hydrogen-bond acceptors (Lipinski definition) is 3. The number of carbonyl (C=O) groups is 1. The largest absolute Gasteiger partial charge is 0.467 e. The zero-order valence-electron chi connectivity index (χ0n) is 20.3. The number of urea groups is 1. The van der Waals surface area contributed by atoms with E-state index < -0.39 is 6.04 Å². The molecule has 0 spiro atoms. The van der Waals surface area contributed by atoms with Crippen molar-refractivity contribution in [1.29, 1.82) is 0 Å². The Morgan fingerprint density at radius 1 is 1.05 bits per heavy atom. The van der Waals surface area contributed by atoms with Crippen LogP contribution in [0.1, 0.15) is 41.2 Å². The van der Waals surface area contributed by atoms with Crippen LogP contribution in [0.2, 0.25) is 0 Å². The maximum Gasteiger partial charge on any atom is 0.318 e. The van der Waals surface area contributed by atoms with Crippen LogP contribution < -0.4 is 5.32 Å². The lowest BCUT2D eigenvalue weighted by Gasteiger charge is -2.31. The molecule has 0 saturated heterocycles. The molecule has 8 heteroatoms. The van der Waals surface area contributed by atoms with E-state index >= 15 is 0 Å². The van der Waals surface area contributed by atoms with Gasteiger partial charge in [-0.1, -0.05) is 37.3 Å². The van der Waals surface area contributed by atoms with Gasteiger partial charge in [0.15, 0.2) is 0 Å². The molecule has 2 aromatic carbocycles. The molecule has 0 saturated carbocycles. The van der Waals surface area contributed by atoms with E-state index in [0.717, 1.165) is 34.0 Å². The number of carbonyl (C=O) groups excluding carboxylic acids is 1. The molecule has 7 nitrogen and oxygen atoms in total. The fraction of sp³-hybridized carbons (Fsp3) is 0.172. The smallest absolute Gasteiger partial charge is 0.318 e. The third kappa shape index (κ3) is 4.10. The number of aromatic nitrogens is 3. The molecule has 1 unspecified atom stereocenters. The molecule has 186 valence electrons. The first-order chi connectivity index (χ1) is 18.1. The van der Waals surface area contributed by atoms with Crippen molar-refractivity contribution in [2.75, 3.05) is 0 Å². The second kappa shape index (κ2) is 9.46. The van der Waals surface area contributed by atoms with Crippen molar-refractivity contribution in [3.63, 3.8) is 0 Å². The molecule has 0 radical (unpaired) electrons. The first kappa shape index (κ1) is 22.8. The summed E-state index contributed by atoms with van der Waals surface area (Å²) in [5, 5.41) is 7.97. The summed E-state index contributed by atoms with van der Waals surface area (Å²) < 4.78 is 23.4. The molecule has 6 rings (SSSR count). The molecule has 1 aliphatic rings. The average Bonchev–Trinajstić information content (AvgIpc) is 3.67. The Labute approximate surface area is 213 Å². The molecule has 0 aliphatic carbocycles. The molecule has 0 fully saturated rings. The van der Waals surface area contributed by atoms with E-state index in [2.05, 4.69) is 16.8 Å². The first-order valence-electron chi connectivity index (χ1n) is 12.3. The van der Waals surface area contributed by atoms with Crippen LogP contribution in [0.5, 0.6) is 0 Å². The number of nitrogens with zero attached hydrogens (tertiary/aromatic N) is 4. The van der Waals surface area contributed by atoms with E-state index in [-0.39, 0.29) is 18.4 Å². The van der Waals surface area contributed by atoms with E-state index in [4.69, 9.17) is 9.52 Å². The molecule has 3 aromatic heterocycles. The normalized spacial score (nSPS) is 14.6. The third-order valence-corrected chi connectivity index (χ3v) is 6.74. The predicted octanol–water partition coefficient (Wildman–Crippen LogP) is 5.77. The maximum atomic E-state index is 13.9. The monoisotopic (exact) mass is 495 g/mol. The van der Waals surface area contributed by atoms with Gasteiger partial charge in [-0.15, -0.1) is 0 Å². The fourth-order valence-electron chi connectivity index (χ4n) is 5.02.